The van der Waals surface area contributed by atoms with Crippen LogP contribution in [-0.4, -0.2) is 22.6 Å². The number of carbonyl (C=O) groups excluding carboxylic acids is 2. The summed E-state index contributed by atoms with van der Waals surface area (Å²) >= 11 is 0. The summed E-state index contributed by atoms with van der Waals surface area (Å²) in [5.74, 6) is -1.39. The van der Waals surface area contributed by atoms with Crippen LogP contribution in [0.1, 0.15) is 40.0 Å². The maximum atomic E-state index is 11.5. The Bertz CT molecular complexity index is 390. The quantitative estimate of drug-likeness (QED) is 0.812. The van der Waals surface area contributed by atoms with E-state index in [4.69, 9.17) is 5.11 Å². The molecule has 4 nitrogen and oxygen atoms in total. The van der Waals surface area contributed by atoms with Gasteiger partial charge >= 0.3 is 5.97 Å². The van der Waals surface area contributed by atoms with Crippen LogP contribution < -0.4 is 0 Å². The van der Waals surface area contributed by atoms with Crippen molar-refractivity contribution in [1.29, 1.82) is 0 Å². The molecule has 0 aromatic carbocycles. The summed E-state index contributed by atoms with van der Waals surface area (Å²) < 4.78 is 0. The summed E-state index contributed by atoms with van der Waals surface area (Å²) in [7, 11) is 0. The van der Waals surface area contributed by atoms with Gasteiger partial charge in [0.25, 0.3) is 0 Å². The van der Waals surface area contributed by atoms with Gasteiger partial charge in [-0.15, -0.1) is 0 Å². The van der Waals surface area contributed by atoms with Crippen LogP contribution in [0.15, 0.2) is 11.6 Å². The summed E-state index contributed by atoms with van der Waals surface area (Å²) in [6, 6.07) is 0. The normalized spacial score (nSPS) is 23.1. The monoisotopic (exact) mass is 238 g/mol. The lowest BCUT2D eigenvalue weighted by Crippen LogP contribution is -2.35. The topological polar surface area (TPSA) is 71.4 Å². The van der Waals surface area contributed by atoms with E-state index in [0.29, 0.717) is 19.3 Å². The number of carbonyl (C=O) groups is 3. The highest BCUT2D eigenvalue weighted by molar-refractivity contribution is 6.01. The molecule has 0 aromatic heterocycles. The van der Waals surface area contributed by atoms with Gasteiger partial charge in [-0.1, -0.05) is 13.8 Å². The van der Waals surface area contributed by atoms with Crippen LogP contribution in [0.25, 0.3) is 0 Å². The van der Waals surface area contributed by atoms with Crippen LogP contribution in [-0.2, 0) is 14.4 Å². The van der Waals surface area contributed by atoms with Gasteiger partial charge in [-0.05, 0) is 30.8 Å². The van der Waals surface area contributed by atoms with E-state index in [0.717, 1.165) is 0 Å². The zero-order valence-corrected chi connectivity index (χ0v) is 10.4. The second-order valence-corrected chi connectivity index (χ2v) is 5.33. The number of hydrogen-bond donors (Lipinski definition) is 1. The van der Waals surface area contributed by atoms with Crippen molar-refractivity contribution in [3.63, 3.8) is 0 Å². The Labute approximate surface area is 101 Å². The molecule has 17 heavy (non-hydrogen) atoms. The second-order valence-electron chi connectivity index (χ2n) is 5.33. The van der Waals surface area contributed by atoms with E-state index in [2.05, 4.69) is 0 Å². The molecule has 0 heterocycles. The Balaban J connectivity index is 3.00. The van der Waals surface area contributed by atoms with E-state index >= 15 is 0 Å². The van der Waals surface area contributed by atoms with Crippen LogP contribution in [0, 0.1) is 11.3 Å². The fourth-order valence-corrected chi connectivity index (χ4v) is 2.42. The largest absolute Gasteiger partial charge is 0.478 e. The molecular formula is C13H18O4. The first kappa shape index (κ1) is 13.6. The molecule has 0 fully saturated rings. The van der Waals surface area contributed by atoms with Gasteiger partial charge in [0.15, 0.2) is 5.78 Å². The van der Waals surface area contributed by atoms with Crippen LogP contribution >= 0.6 is 0 Å². The standard InChI is InChI=1S/C13H18O4/c1-8(14)4-5-11-10(12(16)17)6-9(15)7-13(11,2)3/h6,11H,4-5,7H2,1-3H3,(H,16,17). The predicted molar refractivity (Wildman–Crippen MR) is 62.5 cm³/mol. The molecule has 0 amide bonds. The summed E-state index contributed by atoms with van der Waals surface area (Å²) in [5, 5.41) is 9.12. The molecule has 1 atom stereocenters. The average Bonchev–Trinajstić information content (AvgIpc) is 2.12. The smallest absolute Gasteiger partial charge is 0.331 e. The Kier molecular flexibility index (Phi) is 3.86. The molecule has 1 aliphatic carbocycles. The van der Waals surface area contributed by atoms with Crippen molar-refractivity contribution in [2.24, 2.45) is 11.3 Å². The first-order chi connectivity index (χ1) is 7.74. The van der Waals surface area contributed by atoms with Crippen molar-refractivity contribution in [2.75, 3.05) is 0 Å². The Morgan fingerprint density at radius 2 is 2.06 bits per heavy atom. The average molecular weight is 238 g/mol. The minimum atomic E-state index is -1.06. The Hall–Kier alpha value is -1.45. The van der Waals surface area contributed by atoms with Crippen LogP contribution in [0.4, 0.5) is 0 Å². The summed E-state index contributed by atoms with van der Waals surface area (Å²) in [4.78, 5) is 33.6. The second kappa shape index (κ2) is 4.82. The van der Waals surface area contributed by atoms with Crippen molar-refractivity contribution in [2.45, 2.75) is 40.0 Å². The molecule has 1 unspecified atom stereocenters. The molecule has 0 radical (unpaired) electrons. The van der Waals surface area contributed by atoms with Gasteiger partial charge in [-0.2, -0.15) is 0 Å². The minimum absolute atomic E-state index is 0.0439. The maximum Gasteiger partial charge on any atom is 0.331 e. The van der Waals surface area contributed by atoms with E-state index in [1.54, 1.807) is 0 Å². The van der Waals surface area contributed by atoms with E-state index in [9.17, 15) is 14.4 Å². The first-order valence-electron chi connectivity index (χ1n) is 5.71. The molecule has 1 rings (SSSR count). The lowest BCUT2D eigenvalue weighted by atomic mass is 9.66. The van der Waals surface area contributed by atoms with Crippen molar-refractivity contribution >= 4 is 17.5 Å². The van der Waals surface area contributed by atoms with E-state index < -0.39 is 11.4 Å². The summed E-state index contributed by atoms with van der Waals surface area (Å²) in [6.07, 6.45) is 2.41. The van der Waals surface area contributed by atoms with Crippen LogP contribution in [0.5, 0.6) is 0 Å². The van der Waals surface area contributed by atoms with Gasteiger partial charge in [0.05, 0.1) is 0 Å². The minimum Gasteiger partial charge on any atom is -0.478 e. The number of Topliss-reactive ketones (excluding diaryl/α,β-unsaturated/α-hetero) is 1. The molecule has 0 aliphatic heterocycles. The van der Waals surface area contributed by atoms with Gasteiger partial charge < -0.3 is 9.90 Å². The molecule has 0 saturated heterocycles. The molecule has 1 N–H and O–H groups in total. The van der Waals surface area contributed by atoms with E-state index in [1.807, 2.05) is 13.8 Å². The third-order valence-corrected chi connectivity index (χ3v) is 3.30. The molecular weight excluding hydrogens is 220 g/mol. The molecule has 0 aromatic rings. The highest BCUT2D eigenvalue weighted by atomic mass is 16.4. The van der Waals surface area contributed by atoms with Crippen molar-refractivity contribution in [3.05, 3.63) is 11.6 Å². The number of carboxylic acids is 1. The van der Waals surface area contributed by atoms with E-state index in [1.165, 1.54) is 13.0 Å². The first-order valence-corrected chi connectivity index (χ1v) is 5.71. The number of aliphatic carboxylic acids is 1. The lowest BCUT2D eigenvalue weighted by molar-refractivity contribution is -0.135. The molecule has 0 spiro atoms. The van der Waals surface area contributed by atoms with Gasteiger partial charge in [-0.25, -0.2) is 4.79 Å². The van der Waals surface area contributed by atoms with Crippen molar-refractivity contribution in [1.82, 2.24) is 0 Å². The number of allylic oxidation sites excluding steroid dienone is 1. The fraction of sp³-hybridized carbons (Fsp3) is 0.615. The van der Waals surface area contributed by atoms with Crippen LogP contribution in [0.2, 0.25) is 0 Å². The third kappa shape index (κ3) is 3.25. The van der Waals surface area contributed by atoms with Crippen molar-refractivity contribution < 1.29 is 19.5 Å². The zero-order valence-electron chi connectivity index (χ0n) is 10.4. The van der Waals surface area contributed by atoms with Gasteiger partial charge in [0.1, 0.15) is 5.78 Å². The Morgan fingerprint density at radius 3 is 2.53 bits per heavy atom. The summed E-state index contributed by atoms with van der Waals surface area (Å²) in [5.41, 5.74) is -0.248. The van der Waals surface area contributed by atoms with Gasteiger partial charge in [0.2, 0.25) is 0 Å². The van der Waals surface area contributed by atoms with Crippen molar-refractivity contribution in [3.8, 4) is 0 Å². The molecule has 4 heteroatoms. The maximum absolute atomic E-state index is 11.5. The van der Waals surface area contributed by atoms with Gasteiger partial charge in [0, 0.05) is 18.4 Å². The molecule has 1 aliphatic rings. The van der Waals surface area contributed by atoms with Gasteiger partial charge in [-0.3, -0.25) is 4.79 Å². The SMILES string of the molecule is CC(=O)CCC1C(C(=O)O)=CC(=O)CC1(C)C. The summed E-state index contributed by atoms with van der Waals surface area (Å²) in [6.45, 7) is 5.25. The predicted octanol–water partition coefficient (Wildman–Crippen LogP) is 1.98. The number of rotatable bonds is 4. The highest BCUT2D eigenvalue weighted by Gasteiger charge is 2.39. The number of hydrogen-bond acceptors (Lipinski definition) is 3. The Morgan fingerprint density at radius 1 is 1.47 bits per heavy atom. The highest BCUT2D eigenvalue weighted by Crippen LogP contribution is 2.42. The zero-order chi connectivity index (χ0) is 13.2. The fourth-order valence-electron chi connectivity index (χ4n) is 2.42. The third-order valence-electron chi connectivity index (χ3n) is 3.30. The van der Waals surface area contributed by atoms with E-state index in [-0.39, 0.29) is 23.1 Å². The lowest BCUT2D eigenvalue weighted by Gasteiger charge is -2.37. The molecule has 0 bridgehead atoms. The number of ketones is 2. The van der Waals surface area contributed by atoms with Crippen LogP contribution in [0.3, 0.4) is 0 Å². The molecule has 94 valence electrons. The number of carboxylic acid groups (broad SMARTS) is 1. The molecule has 0 saturated carbocycles.